The van der Waals surface area contributed by atoms with Crippen molar-refractivity contribution in [3.05, 3.63) is 77.9 Å². The van der Waals surface area contributed by atoms with E-state index in [1.54, 1.807) is 0 Å². The summed E-state index contributed by atoms with van der Waals surface area (Å²) in [4.78, 5) is 50.6. The van der Waals surface area contributed by atoms with Gasteiger partial charge in [-0.3, -0.25) is 19.5 Å². The maximum atomic E-state index is 14.8. The first-order valence-corrected chi connectivity index (χ1v) is 10.0. The van der Waals surface area contributed by atoms with E-state index in [1.165, 1.54) is 6.07 Å². The van der Waals surface area contributed by atoms with Crippen LogP contribution >= 0.6 is 11.6 Å². The highest BCUT2D eigenvalue weighted by Crippen LogP contribution is 2.38. The molecule has 3 aromatic rings. The quantitative estimate of drug-likeness (QED) is 0.143. The van der Waals surface area contributed by atoms with Crippen LogP contribution in [0.1, 0.15) is 5.69 Å². The molecule has 12 nitrogen and oxygen atoms in total. The largest absolute Gasteiger partial charge is 0.466 e. The second-order valence-corrected chi connectivity index (χ2v) is 7.36. The number of hydrogen-bond donors (Lipinski definition) is 0. The maximum absolute atomic E-state index is 14.8. The van der Waals surface area contributed by atoms with E-state index in [-0.39, 0.29) is 26.1 Å². The summed E-state index contributed by atoms with van der Waals surface area (Å²) in [6, 6.07) is 3.21. The van der Waals surface area contributed by atoms with Gasteiger partial charge in [-0.1, -0.05) is 11.6 Å². The Hall–Kier alpha value is -4.47. The minimum absolute atomic E-state index is 0.0376. The number of alkyl halides is 3. The Morgan fingerprint density at radius 3 is 2.46 bits per heavy atom. The highest BCUT2D eigenvalue weighted by atomic mass is 35.5. The van der Waals surface area contributed by atoms with Crippen molar-refractivity contribution < 1.29 is 41.5 Å². The summed E-state index contributed by atoms with van der Waals surface area (Å²) >= 11 is 5.80. The Morgan fingerprint density at radius 2 is 1.86 bits per heavy atom. The van der Waals surface area contributed by atoms with Crippen molar-refractivity contribution in [2.75, 3.05) is 13.7 Å². The molecule has 0 saturated heterocycles. The smallest absolute Gasteiger partial charge is 0.431 e. The number of methoxy groups -OCH3 is 1. The summed E-state index contributed by atoms with van der Waals surface area (Å²) in [6.07, 6.45) is -5.07. The first-order valence-electron chi connectivity index (χ1n) is 9.67. The molecule has 0 saturated carbocycles. The van der Waals surface area contributed by atoms with Gasteiger partial charge in [-0.15, -0.1) is 0 Å². The van der Waals surface area contributed by atoms with Crippen molar-refractivity contribution in [1.29, 1.82) is 0 Å². The fourth-order valence-electron chi connectivity index (χ4n) is 2.94. The van der Waals surface area contributed by atoms with Gasteiger partial charge >= 0.3 is 23.5 Å². The third-order valence-electron chi connectivity index (χ3n) is 4.64. The number of rotatable bonds is 7. The number of halogens is 5. The number of carbonyl (C=O) groups is 1. The van der Waals surface area contributed by atoms with Crippen LogP contribution in [0.4, 0.5) is 23.2 Å². The van der Waals surface area contributed by atoms with E-state index in [0.29, 0.717) is 19.2 Å². The number of nitro benzene ring substituents is 1. The second kappa shape index (κ2) is 10.3. The van der Waals surface area contributed by atoms with Crippen molar-refractivity contribution >= 4 is 23.3 Å². The van der Waals surface area contributed by atoms with Gasteiger partial charge in [0.15, 0.2) is 18.2 Å². The van der Waals surface area contributed by atoms with Crippen LogP contribution in [0.3, 0.4) is 0 Å². The molecule has 2 aromatic heterocycles. The molecule has 0 aliphatic rings. The molecule has 0 N–H and O–H groups in total. The SMILES string of the molecule is COC(=O)COc1nc(Cl)ccc1Oc1cc(-n2c(=O)cc(C(F)(F)F)n(C)c2=O)c(F)cc1[N+](=O)[O-]. The molecule has 196 valence electrons. The van der Waals surface area contributed by atoms with Crippen molar-refractivity contribution in [3.63, 3.8) is 0 Å². The molecule has 3 rings (SSSR count). The summed E-state index contributed by atoms with van der Waals surface area (Å²) in [7, 11) is 1.78. The highest BCUT2D eigenvalue weighted by molar-refractivity contribution is 6.29. The number of benzene rings is 1. The minimum atomic E-state index is -5.07. The number of carbonyl (C=O) groups excluding carboxylic acids is 1. The highest BCUT2D eigenvalue weighted by Gasteiger charge is 2.35. The van der Waals surface area contributed by atoms with Crippen LogP contribution in [0.25, 0.3) is 5.69 Å². The minimum Gasteiger partial charge on any atom is -0.466 e. The number of nitrogens with zero attached hydrogens (tertiary/aromatic N) is 4. The number of ether oxygens (including phenoxy) is 3. The third kappa shape index (κ3) is 5.69. The lowest BCUT2D eigenvalue weighted by molar-refractivity contribution is -0.385. The van der Waals surface area contributed by atoms with Gasteiger partial charge in [0, 0.05) is 19.2 Å². The van der Waals surface area contributed by atoms with Crippen molar-refractivity contribution in [3.8, 4) is 23.1 Å². The molecule has 17 heteroatoms. The number of nitro groups is 1. The van der Waals surface area contributed by atoms with Gasteiger partial charge in [0.2, 0.25) is 5.75 Å². The Labute approximate surface area is 207 Å². The summed E-state index contributed by atoms with van der Waals surface area (Å²) in [5.74, 6) is -3.90. The second-order valence-electron chi connectivity index (χ2n) is 6.98. The molecule has 0 radical (unpaired) electrons. The fourth-order valence-corrected chi connectivity index (χ4v) is 3.08. The zero-order valence-corrected chi connectivity index (χ0v) is 19.3. The van der Waals surface area contributed by atoms with Gasteiger partial charge in [0.05, 0.1) is 23.8 Å². The molecule has 0 amide bonds. The van der Waals surface area contributed by atoms with Crippen LogP contribution in [-0.2, 0) is 22.8 Å². The van der Waals surface area contributed by atoms with Crippen molar-refractivity contribution in [2.45, 2.75) is 6.18 Å². The van der Waals surface area contributed by atoms with E-state index in [0.717, 1.165) is 13.2 Å². The number of hydrogen-bond acceptors (Lipinski definition) is 9. The first-order chi connectivity index (χ1) is 17.2. The summed E-state index contributed by atoms with van der Waals surface area (Å²) in [5.41, 5.74) is -6.69. The fraction of sp³-hybridized carbons (Fsp3) is 0.200. The van der Waals surface area contributed by atoms with Gasteiger partial charge in [0.1, 0.15) is 10.8 Å². The van der Waals surface area contributed by atoms with Crippen LogP contribution < -0.4 is 20.7 Å². The van der Waals surface area contributed by atoms with Crippen molar-refractivity contribution in [2.24, 2.45) is 7.05 Å². The molecule has 0 bridgehead atoms. The standard InChI is InChI=1S/C20H13ClF4N4O8/c1-27-14(20(23,24)25)7-16(30)28(19(27)32)10-6-13(11(29(33)34)5-9(10)22)37-12-3-4-15(21)26-18(12)36-8-17(31)35-2/h3-7H,8H2,1-2H3. The third-order valence-corrected chi connectivity index (χ3v) is 4.85. The molecule has 0 aliphatic heterocycles. The first kappa shape index (κ1) is 27.1. The van der Waals surface area contributed by atoms with E-state index in [9.17, 15) is 42.1 Å². The normalized spacial score (nSPS) is 11.2. The molecule has 1 aromatic carbocycles. The average Bonchev–Trinajstić information content (AvgIpc) is 2.81. The van der Waals surface area contributed by atoms with Crippen LogP contribution in [-0.4, -0.2) is 38.7 Å². The predicted octanol–water partition coefficient (Wildman–Crippen LogP) is 2.99. The van der Waals surface area contributed by atoms with Gasteiger partial charge in [-0.25, -0.2) is 18.5 Å². The molecule has 0 fully saturated rings. The zero-order valence-electron chi connectivity index (χ0n) is 18.5. The molecule has 37 heavy (non-hydrogen) atoms. The van der Waals surface area contributed by atoms with Crippen LogP contribution in [0, 0.1) is 15.9 Å². The Balaban J connectivity index is 2.19. The van der Waals surface area contributed by atoms with E-state index in [2.05, 4.69) is 9.72 Å². The van der Waals surface area contributed by atoms with Gasteiger partial charge in [0.25, 0.3) is 11.4 Å². The monoisotopic (exact) mass is 548 g/mol. The Morgan fingerprint density at radius 1 is 1.19 bits per heavy atom. The Kier molecular flexibility index (Phi) is 7.52. The van der Waals surface area contributed by atoms with Gasteiger partial charge in [-0.2, -0.15) is 18.2 Å². The lowest BCUT2D eigenvalue weighted by Gasteiger charge is -2.15. The Bertz CT molecular complexity index is 1520. The summed E-state index contributed by atoms with van der Waals surface area (Å²) in [5, 5.41) is 11.4. The predicted molar refractivity (Wildman–Crippen MR) is 116 cm³/mol. The van der Waals surface area contributed by atoms with Gasteiger partial charge in [-0.05, 0) is 12.1 Å². The molecular weight excluding hydrogens is 536 g/mol. The van der Waals surface area contributed by atoms with Crippen LogP contribution in [0.15, 0.2) is 39.9 Å². The summed E-state index contributed by atoms with van der Waals surface area (Å²) in [6.45, 7) is -0.673. The van der Waals surface area contributed by atoms with E-state index >= 15 is 0 Å². The number of esters is 1. The molecule has 0 unspecified atom stereocenters. The maximum Gasteiger partial charge on any atom is 0.431 e. The van der Waals surface area contributed by atoms with E-state index in [4.69, 9.17) is 21.1 Å². The topological polar surface area (TPSA) is 145 Å². The molecule has 0 aliphatic carbocycles. The molecule has 0 spiro atoms. The molecule has 2 heterocycles. The van der Waals surface area contributed by atoms with E-state index < -0.39 is 69.4 Å². The molecule has 0 atom stereocenters. The van der Waals surface area contributed by atoms with E-state index in [1.807, 2.05) is 0 Å². The lowest BCUT2D eigenvalue weighted by Crippen LogP contribution is -2.41. The van der Waals surface area contributed by atoms with Crippen molar-refractivity contribution in [1.82, 2.24) is 14.1 Å². The summed E-state index contributed by atoms with van der Waals surface area (Å²) < 4.78 is 69.3. The van der Waals surface area contributed by atoms with Gasteiger partial charge < -0.3 is 14.2 Å². The average molecular weight is 549 g/mol. The van der Waals surface area contributed by atoms with Crippen LogP contribution in [0.5, 0.6) is 17.4 Å². The van der Waals surface area contributed by atoms with Crippen LogP contribution in [0.2, 0.25) is 5.15 Å². The molecular formula is C20H13ClF4N4O8. The zero-order chi connectivity index (χ0) is 27.7. The number of pyridine rings is 1. The number of aromatic nitrogens is 3. The lowest BCUT2D eigenvalue weighted by atomic mass is 10.2.